The Kier molecular flexibility index (Phi) is 4.26. The Bertz CT molecular complexity index is 556. The van der Waals surface area contributed by atoms with Crippen LogP contribution in [0, 0.1) is 0 Å². The van der Waals surface area contributed by atoms with Crippen molar-refractivity contribution < 1.29 is 14.4 Å². The van der Waals surface area contributed by atoms with Crippen LogP contribution in [-0.2, 0) is 9.59 Å². The van der Waals surface area contributed by atoms with Crippen LogP contribution in [0.4, 0.5) is 5.69 Å². The van der Waals surface area contributed by atoms with Gasteiger partial charge in [0.05, 0.1) is 17.3 Å². The molecule has 1 heterocycles. The highest BCUT2D eigenvalue weighted by Gasteiger charge is 2.40. The zero-order chi connectivity index (χ0) is 14.7. The van der Waals surface area contributed by atoms with Gasteiger partial charge in [0.25, 0.3) is 11.7 Å². The summed E-state index contributed by atoms with van der Waals surface area (Å²) >= 11 is 0. The molecule has 1 aromatic rings. The van der Waals surface area contributed by atoms with Crippen LogP contribution in [0.3, 0.4) is 0 Å². The van der Waals surface area contributed by atoms with E-state index < -0.39 is 23.6 Å². The Hall–Kier alpha value is -2.05. The fourth-order valence-electron chi connectivity index (χ4n) is 2.20. The van der Waals surface area contributed by atoms with Gasteiger partial charge in [0.1, 0.15) is 0 Å². The van der Waals surface area contributed by atoms with Crippen molar-refractivity contribution in [1.82, 2.24) is 0 Å². The number of amides is 2. The van der Waals surface area contributed by atoms with E-state index >= 15 is 0 Å². The van der Waals surface area contributed by atoms with Gasteiger partial charge in [0.2, 0.25) is 0 Å². The first-order valence-corrected chi connectivity index (χ1v) is 6.55. The molecule has 0 unspecified atom stereocenters. The zero-order valence-corrected chi connectivity index (χ0v) is 11.0. The number of unbranched alkanes of at least 4 members (excludes halogenated alkanes) is 1. The summed E-state index contributed by atoms with van der Waals surface area (Å²) in [5, 5.41) is 0. The van der Waals surface area contributed by atoms with Crippen LogP contribution in [0.2, 0.25) is 0 Å². The lowest BCUT2D eigenvalue weighted by atomic mass is 10.1. The van der Waals surface area contributed by atoms with Crippen LogP contribution in [0.25, 0.3) is 0 Å². The first-order chi connectivity index (χ1) is 9.57. The summed E-state index contributed by atoms with van der Waals surface area (Å²) in [6, 6.07) is 5.62. The molecule has 0 fully saturated rings. The standard InChI is InChI=1S/C14H17N3O3/c15-8-4-3-6-10(16)13(19)17-11-7-2-1-5-9(11)12(18)14(17)20/h1-2,5,7,10H,3-4,6,8,15-16H2/t10-/m0/s1. The number of hydrogen-bond donors (Lipinski definition) is 2. The number of para-hydroxylation sites is 1. The summed E-state index contributed by atoms with van der Waals surface area (Å²) < 4.78 is 0. The number of nitrogens with two attached hydrogens (primary N) is 2. The molecule has 1 aliphatic heterocycles. The zero-order valence-electron chi connectivity index (χ0n) is 11.0. The maximum Gasteiger partial charge on any atom is 0.306 e. The van der Waals surface area contributed by atoms with Gasteiger partial charge in [-0.2, -0.15) is 0 Å². The number of carbonyl (C=O) groups is 3. The first kappa shape index (κ1) is 14.4. The third kappa shape index (κ3) is 2.48. The molecule has 2 rings (SSSR count). The second-order valence-electron chi connectivity index (χ2n) is 4.72. The van der Waals surface area contributed by atoms with Crippen molar-refractivity contribution in [3.8, 4) is 0 Å². The lowest BCUT2D eigenvalue weighted by Gasteiger charge is -2.19. The van der Waals surface area contributed by atoms with Gasteiger partial charge in [-0.1, -0.05) is 18.6 Å². The molecule has 0 aromatic heterocycles. The molecule has 1 atom stereocenters. The van der Waals surface area contributed by atoms with Crippen molar-refractivity contribution in [3.05, 3.63) is 29.8 Å². The molecule has 6 heteroatoms. The van der Waals surface area contributed by atoms with Crippen LogP contribution < -0.4 is 16.4 Å². The van der Waals surface area contributed by atoms with E-state index in [1.807, 2.05) is 0 Å². The minimum absolute atomic E-state index is 0.250. The average molecular weight is 275 g/mol. The van der Waals surface area contributed by atoms with Gasteiger partial charge >= 0.3 is 5.91 Å². The number of ketones is 1. The van der Waals surface area contributed by atoms with E-state index in [4.69, 9.17) is 11.5 Å². The second-order valence-corrected chi connectivity index (χ2v) is 4.72. The molecule has 0 saturated heterocycles. The van der Waals surface area contributed by atoms with E-state index in [1.54, 1.807) is 18.2 Å². The Morgan fingerprint density at radius 1 is 1.20 bits per heavy atom. The van der Waals surface area contributed by atoms with Crippen LogP contribution in [0.5, 0.6) is 0 Å². The fraction of sp³-hybridized carbons (Fsp3) is 0.357. The smallest absolute Gasteiger partial charge is 0.306 e. The Labute approximate surface area is 116 Å². The predicted octanol–water partition coefficient (Wildman–Crippen LogP) is 0.199. The summed E-state index contributed by atoms with van der Waals surface area (Å²) in [6.07, 6.45) is 1.92. The summed E-state index contributed by atoms with van der Waals surface area (Å²) in [6.45, 7) is 0.533. The molecule has 0 radical (unpaired) electrons. The number of nitrogens with zero attached hydrogens (tertiary/aromatic N) is 1. The minimum atomic E-state index is -0.828. The molecule has 4 N–H and O–H groups in total. The van der Waals surface area contributed by atoms with Crippen molar-refractivity contribution in [3.63, 3.8) is 0 Å². The molecule has 2 amide bonds. The highest BCUT2D eigenvalue weighted by Crippen LogP contribution is 2.29. The van der Waals surface area contributed by atoms with E-state index in [0.717, 1.165) is 11.3 Å². The van der Waals surface area contributed by atoms with Crippen molar-refractivity contribution in [2.24, 2.45) is 11.5 Å². The molecular weight excluding hydrogens is 258 g/mol. The predicted molar refractivity (Wildman–Crippen MR) is 74.1 cm³/mol. The van der Waals surface area contributed by atoms with Crippen LogP contribution in [0.1, 0.15) is 29.6 Å². The SMILES string of the molecule is NCCCC[C@H](N)C(=O)N1C(=O)C(=O)c2ccccc21. The van der Waals surface area contributed by atoms with Crippen molar-refractivity contribution in [1.29, 1.82) is 0 Å². The number of imide groups is 1. The lowest BCUT2D eigenvalue weighted by molar-refractivity contribution is -0.125. The quantitative estimate of drug-likeness (QED) is 0.589. The van der Waals surface area contributed by atoms with Crippen molar-refractivity contribution >= 4 is 23.3 Å². The Morgan fingerprint density at radius 2 is 1.90 bits per heavy atom. The van der Waals surface area contributed by atoms with Gasteiger partial charge in [-0.15, -0.1) is 0 Å². The summed E-state index contributed by atoms with van der Waals surface area (Å²) in [4.78, 5) is 36.9. The minimum Gasteiger partial charge on any atom is -0.330 e. The van der Waals surface area contributed by atoms with Gasteiger partial charge < -0.3 is 11.5 Å². The van der Waals surface area contributed by atoms with Gasteiger partial charge in [-0.3, -0.25) is 14.4 Å². The van der Waals surface area contributed by atoms with Crippen molar-refractivity contribution in [2.45, 2.75) is 25.3 Å². The topological polar surface area (TPSA) is 106 Å². The number of rotatable bonds is 5. The van der Waals surface area contributed by atoms with Gasteiger partial charge in [-0.25, -0.2) is 4.90 Å². The number of fused-ring (bicyclic) bond motifs is 1. The van der Waals surface area contributed by atoms with Crippen LogP contribution >= 0.6 is 0 Å². The van der Waals surface area contributed by atoms with Crippen molar-refractivity contribution in [2.75, 3.05) is 11.4 Å². The summed E-state index contributed by atoms with van der Waals surface area (Å²) in [7, 11) is 0. The van der Waals surface area contributed by atoms with Gasteiger partial charge in [0, 0.05) is 0 Å². The largest absolute Gasteiger partial charge is 0.330 e. The normalized spacial score (nSPS) is 15.4. The number of anilines is 1. The highest BCUT2D eigenvalue weighted by atomic mass is 16.2. The van der Waals surface area contributed by atoms with E-state index in [1.165, 1.54) is 6.07 Å². The molecular formula is C14H17N3O3. The lowest BCUT2D eigenvalue weighted by Crippen LogP contribution is -2.46. The molecule has 0 bridgehead atoms. The molecule has 0 saturated carbocycles. The third-order valence-corrected chi connectivity index (χ3v) is 3.29. The summed E-state index contributed by atoms with van der Waals surface area (Å²) in [5.74, 6) is -2.03. The molecule has 1 aliphatic rings. The van der Waals surface area contributed by atoms with E-state index in [0.29, 0.717) is 25.1 Å². The molecule has 0 aliphatic carbocycles. The number of benzene rings is 1. The number of hydrogen-bond acceptors (Lipinski definition) is 5. The molecule has 20 heavy (non-hydrogen) atoms. The monoisotopic (exact) mass is 275 g/mol. The maximum atomic E-state index is 12.3. The Balaban J connectivity index is 2.18. The van der Waals surface area contributed by atoms with E-state index in [2.05, 4.69) is 0 Å². The average Bonchev–Trinajstić information content (AvgIpc) is 2.71. The number of Topliss-reactive ketones (excluding diaryl/α,β-unsaturated/α-hetero) is 1. The van der Waals surface area contributed by atoms with Crippen LogP contribution in [-0.4, -0.2) is 30.2 Å². The fourth-order valence-corrected chi connectivity index (χ4v) is 2.20. The third-order valence-electron chi connectivity index (χ3n) is 3.29. The van der Waals surface area contributed by atoms with E-state index in [9.17, 15) is 14.4 Å². The second kappa shape index (κ2) is 5.94. The van der Waals surface area contributed by atoms with Crippen LogP contribution in [0.15, 0.2) is 24.3 Å². The maximum absolute atomic E-state index is 12.3. The molecule has 1 aromatic carbocycles. The summed E-state index contributed by atoms with van der Waals surface area (Å²) in [5.41, 5.74) is 11.8. The van der Waals surface area contributed by atoms with Gasteiger partial charge in [0.15, 0.2) is 0 Å². The van der Waals surface area contributed by atoms with E-state index in [-0.39, 0.29) is 5.56 Å². The molecule has 0 spiro atoms. The van der Waals surface area contributed by atoms with Gasteiger partial charge in [-0.05, 0) is 31.5 Å². The number of carbonyl (C=O) groups excluding carboxylic acids is 3. The highest BCUT2D eigenvalue weighted by molar-refractivity contribution is 6.56. The Morgan fingerprint density at radius 3 is 2.60 bits per heavy atom. The molecule has 106 valence electrons. The molecule has 6 nitrogen and oxygen atoms in total. The first-order valence-electron chi connectivity index (χ1n) is 6.55.